The van der Waals surface area contributed by atoms with Crippen LogP contribution in [0.1, 0.15) is 11.1 Å². The van der Waals surface area contributed by atoms with Crippen molar-refractivity contribution in [2.75, 3.05) is 14.1 Å². The summed E-state index contributed by atoms with van der Waals surface area (Å²) in [6, 6.07) is 9.32. The van der Waals surface area contributed by atoms with Crippen LogP contribution in [0.15, 0.2) is 46.4 Å². The first-order valence-electron chi connectivity index (χ1n) is 6.91. The maximum atomic E-state index is 12.5. The monoisotopic (exact) mass is 386 g/mol. The van der Waals surface area contributed by atoms with Gasteiger partial charge in [0, 0.05) is 14.1 Å². The molecular formula is C16H16Cl2N2O3S. The van der Waals surface area contributed by atoms with Crippen LogP contribution in [-0.4, -0.2) is 33.7 Å². The molecule has 0 N–H and O–H groups in total. The molecule has 0 aliphatic carbocycles. The first-order valence-corrected chi connectivity index (χ1v) is 9.07. The van der Waals surface area contributed by atoms with Gasteiger partial charge in [-0.2, -0.15) is 13.5 Å². The second-order valence-electron chi connectivity index (χ2n) is 5.21. The van der Waals surface area contributed by atoms with Gasteiger partial charge in [-0.25, -0.2) is 0 Å². The Hall–Kier alpha value is -1.76. The summed E-state index contributed by atoms with van der Waals surface area (Å²) in [6.45, 7) is 1.86. The minimum absolute atomic E-state index is 0.0274. The van der Waals surface area contributed by atoms with Crippen molar-refractivity contribution in [2.24, 2.45) is 5.10 Å². The highest BCUT2D eigenvalue weighted by molar-refractivity contribution is 7.87. The summed E-state index contributed by atoms with van der Waals surface area (Å²) in [5.41, 5.74) is 1.22. The fraction of sp³-hybridized carbons (Fsp3) is 0.188. The van der Waals surface area contributed by atoms with E-state index in [1.54, 1.807) is 32.3 Å². The highest BCUT2D eigenvalue weighted by Crippen LogP contribution is 2.35. The van der Waals surface area contributed by atoms with Crippen molar-refractivity contribution in [3.05, 3.63) is 57.6 Å². The summed E-state index contributed by atoms with van der Waals surface area (Å²) >= 11 is 12.2. The Morgan fingerprint density at radius 1 is 1.04 bits per heavy atom. The summed E-state index contributed by atoms with van der Waals surface area (Å²) < 4.78 is 30.2. The molecule has 0 aliphatic heterocycles. The average Bonchev–Trinajstić information content (AvgIpc) is 2.50. The lowest BCUT2D eigenvalue weighted by atomic mass is 10.2. The largest absolute Gasteiger partial charge is 0.377 e. The number of rotatable bonds is 5. The van der Waals surface area contributed by atoms with Crippen LogP contribution in [0.5, 0.6) is 5.75 Å². The standard InChI is InChI=1S/C16H16Cl2N2O3S/c1-11-4-6-12(7-5-11)24(21,22)23-16-13(10-19-20(2)3)14(17)8-9-15(16)18/h4-10H,1-3H3/b19-10+. The predicted molar refractivity (Wildman–Crippen MR) is 96.7 cm³/mol. The zero-order valence-corrected chi connectivity index (χ0v) is 15.7. The SMILES string of the molecule is Cc1ccc(S(=O)(=O)Oc2c(Cl)ccc(Cl)c2/C=N/N(C)C)cc1. The number of hydrogen-bond acceptors (Lipinski definition) is 5. The maximum absolute atomic E-state index is 12.5. The maximum Gasteiger partial charge on any atom is 0.339 e. The third kappa shape index (κ3) is 4.41. The quantitative estimate of drug-likeness (QED) is 0.443. The van der Waals surface area contributed by atoms with Crippen molar-refractivity contribution >= 4 is 39.5 Å². The van der Waals surface area contributed by atoms with Gasteiger partial charge in [0.25, 0.3) is 0 Å². The lowest BCUT2D eigenvalue weighted by Crippen LogP contribution is -2.12. The summed E-state index contributed by atoms with van der Waals surface area (Å²) in [7, 11) is -0.607. The Kier molecular flexibility index (Phi) is 5.74. The molecule has 0 saturated heterocycles. The molecule has 0 unspecified atom stereocenters. The van der Waals surface area contributed by atoms with Gasteiger partial charge < -0.3 is 9.19 Å². The third-order valence-electron chi connectivity index (χ3n) is 3.02. The van der Waals surface area contributed by atoms with Crippen LogP contribution in [0.3, 0.4) is 0 Å². The Morgan fingerprint density at radius 2 is 1.62 bits per heavy atom. The third-order valence-corrected chi connectivity index (χ3v) is 4.88. The topological polar surface area (TPSA) is 59.0 Å². The van der Waals surface area contributed by atoms with Gasteiger partial charge in [0.05, 0.1) is 21.8 Å². The molecule has 0 atom stereocenters. The van der Waals surface area contributed by atoms with Gasteiger partial charge >= 0.3 is 10.1 Å². The van der Waals surface area contributed by atoms with Crippen molar-refractivity contribution in [2.45, 2.75) is 11.8 Å². The van der Waals surface area contributed by atoms with Gasteiger partial charge in [-0.15, -0.1) is 0 Å². The van der Waals surface area contributed by atoms with Gasteiger partial charge in [-0.3, -0.25) is 0 Å². The average molecular weight is 387 g/mol. The van der Waals surface area contributed by atoms with E-state index in [9.17, 15) is 8.42 Å². The van der Waals surface area contributed by atoms with Crippen molar-refractivity contribution in [1.82, 2.24) is 5.01 Å². The molecule has 5 nitrogen and oxygen atoms in total. The Morgan fingerprint density at radius 3 is 2.21 bits per heavy atom. The van der Waals surface area contributed by atoms with E-state index >= 15 is 0 Å². The molecule has 0 aliphatic rings. The molecule has 0 heterocycles. The van der Waals surface area contributed by atoms with E-state index in [0.29, 0.717) is 0 Å². The number of hydrogen-bond donors (Lipinski definition) is 0. The lowest BCUT2D eigenvalue weighted by Gasteiger charge is -2.13. The molecule has 24 heavy (non-hydrogen) atoms. The molecule has 2 rings (SSSR count). The van der Waals surface area contributed by atoms with Gasteiger partial charge in [-0.05, 0) is 31.2 Å². The summed E-state index contributed by atoms with van der Waals surface area (Å²) in [5.74, 6) is -0.0599. The predicted octanol–water partition coefficient (Wildman–Crippen LogP) is 3.97. The minimum atomic E-state index is -4.05. The van der Waals surface area contributed by atoms with E-state index in [4.69, 9.17) is 27.4 Å². The Balaban J connectivity index is 2.48. The van der Waals surface area contributed by atoms with Crippen LogP contribution in [-0.2, 0) is 10.1 Å². The summed E-state index contributed by atoms with van der Waals surface area (Å²) in [6.07, 6.45) is 1.40. The number of nitrogens with zero attached hydrogens (tertiary/aromatic N) is 2. The van der Waals surface area contributed by atoms with Crippen LogP contribution >= 0.6 is 23.2 Å². The van der Waals surface area contributed by atoms with Crippen molar-refractivity contribution in [3.8, 4) is 5.75 Å². The molecular weight excluding hydrogens is 371 g/mol. The van der Waals surface area contributed by atoms with E-state index in [-0.39, 0.29) is 26.3 Å². The molecule has 0 bridgehead atoms. The van der Waals surface area contributed by atoms with Crippen LogP contribution in [0.2, 0.25) is 10.0 Å². The molecule has 8 heteroatoms. The fourth-order valence-electron chi connectivity index (χ4n) is 1.79. The van der Waals surface area contributed by atoms with E-state index in [0.717, 1.165) is 5.56 Å². The summed E-state index contributed by atoms with van der Waals surface area (Å²) in [5, 5.41) is 6.00. The summed E-state index contributed by atoms with van der Waals surface area (Å²) in [4.78, 5) is 0.0274. The van der Waals surface area contributed by atoms with Crippen molar-refractivity contribution in [1.29, 1.82) is 0 Å². The second kappa shape index (κ2) is 7.42. The second-order valence-corrected chi connectivity index (χ2v) is 7.58. The number of aryl methyl sites for hydroxylation is 1. The zero-order valence-electron chi connectivity index (χ0n) is 13.3. The normalized spacial score (nSPS) is 11.7. The molecule has 0 amide bonds. The number of benzene rings is 2. The lowest BCUT2D eigenvalue weighted by molar-refractivity contribution is 0.440. The Bertz CT molecular complexity index is 864. The van der Waals surface area contributed by atoms with Crippen LogP contribution < -0.4 is 4.18 Å². The molecule has 0 aromatic heterocycles. The van der Waals surface area contributed by atoms with E-state index in [2.05, 4.69) is 5.10 Å². The smallest absolute Gasteiger partial charge is 0.339 e. The van der Waals surface area contributed by atoms with E-state index < -0.39 is 10.1 Å². The van der Waals surface area contributed by atoms with Gasteiger partial charge in [0.15, 0.2) is 5.75 Å². The minimum Gasteiger partial charge on any atom is -0.377 e. The molecule has 2 aromatic rings. The van der Waals surface area contributed by atoms with E-state index in [1.165, 1.54) is 29.4 Å². The molecule has 128 valence electrons. The molecule has 0 saturated carbocycles. The fourth-order valence-corrected chi connectivity index (χ4v) is 3.20. The molecule has 0 radical (unpaired) electrons. The Labute approximate surface area is 151 Å². The molecule has 0 spiro atoms. The van der Waals surface area contributed by atoms with Crippen molar-refractivity contribution in [3.63, 3.8) is 0 Å². The number of hydrazone groups is 1. The van der Waals surface area contributed by atoms with Crippen LogP contribution in [0.4, 0.5) is 0 Å². The highest BCUT2D eigenvalue weighted by atomic mass is 35.5. The highest BCUT2D eigenvalue weighted by Gasteiger charge is 2.21. The first-order chi connectivity index (χ1) is 11.2. The van der Waals surface area contributed by atoms with Gasteiger partial charge in [-0.1, -0.05) is 40.9 Å². The van der Waals surface area contributed by atoms with Crippen LogP contribution in [0.25, 0.3) is 0 Å². The molecule has 2 aromatic carbocycles. The van der Waals surface area contributed by atoms with Gasteiger partial charge in [0.2, 0.25) is 0 Å². The van der Waals surface area contributed by atoms with E-state index in [1.807, 2.05) is 6.92 Å². The number of halogens is 2. The first kappa shape index (κ1) is 18.6. The van der Waals surface area contributed by atoms with Gasteiger partial charge in [0.1, 0.15) is 4.90 Å². The van der Waals surface area contributed by atoms with Crippen LogP contribution in [0, 0.1) is 6.92 Å². The van der Waals surface area contributed by atoms with Crippen molar-refractivity contribution < 1.29 is 12.6 Å². The molecule has 0 fully saturated rings. The zero-order chi connectivity index (χ0) is 17.9.